The summed E-state index contributed by atoms with van der Waals surface area (Å²) in [6, 6.07) is 11.1. The van der Waals surface area contributed by atoms with E-state index in [0.29, 0.717) is 5.56 Å². The molecular formula is C15H14FNO2. The fourth-order valence-electron chi connectivity index (χ4n) is 1.74. The van der Waals surface area contributed by atoms with Crippen molar-refractivity contribution in [3.63, 3.8) is 0 Å². The van der Waals surface area contributed by atoms with Crippen LogP contribution in [0.4, 0.5) is 4.39 Å². The quantitative estimate of drug-likeness (QED) is 0.890. The van der Waals surface area contributed by atoms with Gasteiger partial charge in [0.1, 0.15) is 11.6 Å². The first-order valence-electron chi connectivity index (χ1n) is 5.89. The molecule has 98 valence electrons. The van der Waals surface area contributed by atoms with Crippen molar-refractivity contribution in [1.29, 1.82) is 0 Å². The van der Waals surface area contributed by atoms with E-state index < -0.39 is 11.7 Å². The van der Waals surface area contributed by atoms with E-state index >= 15 is 0 Å². The van der Waals surface area contributed by atoms with Crippen molar-refractivity contribution in [2.75, 3.05) is 0 Å². The van der Waals surface area contributed by atoms with Crippen molar-refractivity contribution in [1.82, 2.24) is 5.32 Å². The van der Waals surface area contributed by atoms with Gasteiger partial charge in [0.2, 0.25) is 0 Å². The topological polar surface area (TPSA) is 49.3 Å². The summed E-state index contributed by atoms with van der Waals surface area (Å²) < 4.78 is 13.5. The summed E-state index contributed by atoms with van der Waals surface area (Å²) in [6.45, 7) is 1.94. The standard InChI is InChI=1S/C15H14FNO2/c1-10-6-7-13(16)12(8-10)15(19)17-9-11-4-2-3-5-14(11)18/h2-8,18H,9H2,1H3,(H,17,19). The number of hydrogen-bond donors (Lipinski definition) is 2. The first kappa shape index (κ1) is 13.1. The van der Waals surface area contributed by atoms with Crippen LogP contribution in [0.1, 0.15) is 21.5 Å². The summed E-state index contributed by atoms with van der Waals surface area (Å²) in [6.07, 6.45) is 0. The molecule has 0 saturated heterocycles. The zero-order chi connectivity index (χ0) is 13.8. The molecule has 0 aromatic heterocycles. The monoisotopic (exact) mass is 259 g/mol. The number of carbonyl (C=O) groups is 1. The van der Waals surface area contributed by atoms with Crippen molar-refractivity contribution < 1.29 is 14.3 Å². The fraction of sp³-hybridized carbons (Fsp3) is 0.133. The summed E-state index contributed by atoms with van der Waals surface area (Å²) in [7, 11) is 0. The molecule has 4 heteroatoms. The smallest absolute Gasteiger partial charge is 0.254 e. The lowest BCUT2D eigenvalue weighted by Gasteiger charge is -2.08. The molecule has 2 N–H and O–H groups in total. The maximum absolute atomic E-state index is 13.5. The molecule has 0 unspecified atom stereocenters. The van der Waals surface area contributed by atoms with Crippen LogP contribution in [0.2, 0.25) is 0 Å². The summed E-state index contributed by atoms with van der Waals surface area (Å²) >= 11 is 0. The molecule has 2 aromatic carbocycles. The predicted octanol–water partition coefficient (Wildman–Crippen LogP) is 2.77. The Bertz CT molecular complexity index is 611. The van der Waals surface area contributed by atoms with E-state index in [-0.39, 0.29) is 17.9 Å². The van der Waals surface area contributed by atoms with Crippen LogP contribution < -0.4 is 5.32 Å². The highest BCUT2D eigenvalue weighted by atomic mass is 19.1. The Hall–Kier alpha value is -2.36. The second-order valence-corrected chi connectivity index (χ2v) is 4.29. The molecule has 0 spiro atoms. The highest BCUT2D eigenvalue weighted by Crippen LogP contribution is 2.15. The molecule has 3 nitrogen and oxygen atoms in total. The Morgan fingerprint density at radius 3 is 2.74 bits per heavy atom. The first-order valence-corrected chi connectivity index (χ1v) is 5.89. The van der Waals surface area contributed by atoms with Crippen LogP contribution in [-0.4, -0.2) is 11.0 Å². The van der Waals surface area contributed by atoms with Gasteiger partial charge in [-0.15, -0.1) is 0 Å². The van der Waals surface area contributed by atoms with Gasteiger partial charge in [-0.3, -0.25) is 4.79 Å². The summed E-state index contributed by atoms with van der Waals surface area (Å²) in [5.74, 6) is -0.947. The van der Waals surface area contributed by atoms with Gasteiger partial charge in [-0.1, -0.05) is 29.8 Å². The lowest BCUT2D eigenvalue weighted by Crippen LogP contribution is -2.24. The van der Waals surface area contributed by atoms with E-state index in [4.69, 9.17) is 0 Å². The predicted molar refractivity (Wildman–Crippen MR) is 70.4 cm³/mol. The number of para-hydroxylation sites is 1. The third-order valence-corrected chi connectivity index (χ3v) is 2.80. The van der Waals surface area contributed by atoms with Crippen molar-refractivity contribution in [2.24, 2.45) is 0 Å². The van der Waals surface area contributed by atoms with Crippen LogP contribution >= 0.6 is 0 Å². The van der Waals surface area contributed by atoms with Gasteiger partial charge in [-0.2, -0.15) is 0 Å². The maximum atomic E-state index is 13.5. The normalized spacial score (nSPS) is 10.2. The summed E-state index contributed by atoms with van der Waals surface area (Å²) in [5.41, 5.74) is 1.41. The first-order chi connectivity index (χ1) is 9.08. The van der Waals surface area contributed by atoms with Crippen LogP contribution in [0.3, 0.4) is 0 Å². The van der Waals surface area contributed by atoms with Crippen LogP contribution in [-0.2, 0) is 6.54 Å². The van der Waals surface area contributed by atoms with Gasteiger partial charge in [0.15, 0.2) is 0 Å². The number of hydrogen-bond acceptors (Lipinski definition) is 2. The van der Waals surface area contributed by atoms with Crippen LogP contribution in [0.5, 0.6) is 5.75 Å². The minimum atomic E-state index is -0.555. The number of aromatic hydroxyl groups is 1. The molecule has 19 heavy (non-hydrogen) atoms. The van der Waals surface area contributed by atoms with Crippen LogP contribution in [0.15, 0.2) is 42.5 Å². The molecule has 0 atom stereocenters. The van der Waals surface area contributed by atoms with Gasteiger partial charge in [-0.05, 0) is 25.1 Å². The van der Waals surface area contributed by atoms with E-state index in [1.165, 1.54) is 18.2 Å². The molecule has 0 bridgehead atoms. The number of nitrogens with one attached hydrogen (secondary N) is 1. The Balaban J connectivity index is 2.10. The highest BCUT2D eigenvalue weighted by molar-refractivity contribution is 5.94. The molecule has 1 amide bonds. The van der Waals surface area contributed by atoms with E-state index in [9.17, 15) is 14.3 Å². The molecule has 0 aliphatic carbocycles. The molecule has 0 aliphatic rings. The molecular weight excluding hydrogens is 245 g/mol. The maximum Gasteiger partial charge on any atom is 0.254 e. The average Bonchev–Trinajstić information content (AvgIpc) is 2.40. The van der Waals surface area contributed by atoms with Crippen molar-refractivity contribution in [3.8, 4) is 5.75 Å². The van der Waals surface area contributed by atoms with Crippen LogP contribution in [0.25, 0.3) is 0 Å². The van der Waals surface area contributed by atoms with Gasteiger partial charge in [0.05, 0.1) is 5.56 Å². The minimum Gasteiger partial charge on any atom is -0.508 e. The van der Waals surface area contributed by atoms with E-state index in [0.717, 1.165) is 5.56 Å². The van der Waals surface area contributed by atoms with E-state index in [2.05, 4.69) is 5.32 Å². The number of carbonyl (C=O) groups excluding carboxylic acids is 1. The number of amides is 1. The molecule has 2 aromatic rings. The van der Waals surface area contributed by atoms with E-state index in [1.54, 1.807) is 31.2 Å². The Kier molecular flexibility index (Phi) is 3.80. The SMILES string of the molecule is Cc1ccc(F)c(C(=O)NCc2ccccc2O)c1. The Morgan fingerprint density at radius 1 is 1.26 bits per heavy atom. The molecule has 2 rings (SSSR count). The number of halogens is 1. The van der Waals surface area contributed by atoms with Gasteiger partial charge in [0, 0.05) is 12.1 Å². The number of rotatable bonds is 3. The molecule has 0 heterocycles. The lowest BCUT2D eigenvalue weighted by atomic mass is 10.1. The third kappa shape index (κ3) is 3.10. The molecule has 0 radical (unpaired) electrons. The third-order valence-electron chi connectivity index (χ3n) is 2.80. The molecule has 0 saturated carbocycles. The van der Waals surface area contributed by atoms with Crippen molar-refractivity contribution >= 4 is 5.91 Å². The molecule has 0 aliphatic heterocycles. The minimum absolute atomic E-state index is 0.00965. The largest absolute Gasteiger partial charge is 0.508 e. The van der Waals surface area contributed by atoms with Gasteiger partial charge < -0.3 is 10.4 Å². The number of phenolic OH excluding ortho intramolecular Hbond substituents is 1. The fourth-order valence-corrected chi connectivity index (χ4v) is 1.74. The van der Waals surface area contributed by atoms with Gasteiger partial charge in [-0.25, -0.2) is 4.39 Å². The van der Waals surface area contributed by atoms with Gasteiger partial charge in [0.25, 0.3) is 5.91 Å². The van der Waals surface area contributed by atoms with Crippen molar-refractivity contribution in [3.05, 3.63) is 65.0 Å². The van der Waals surface area contributed by atoms with Crippen molar-refractivity contribution in [2.45, 2.75) is 13.5 Å². The number of phenols is 1. The second kappa shape index (κ2) is 5.52. The number of benzene rings is 2. The summed E-state index contributed by atoms with van der Waals surface area (Å²) in [4.78, 5) is 11.9. The zero-order valence-corrected chi connectivity index (χ0v) is 10.5. The Labute approximate surface area is 110 Å². The highest BCUT2D eigenvalue weighted by Gasteiger charge is 2.12. The summed E-state index contributed by atoms with van der Waals surface area (Å²) in [5, 5.41) is 12.2. The number of aryl methyl sites for hydroxylation is 1. The zero-order valence-electron chi connectivity index (χ0n) is 10.5. The van der Waals surface area contributed by atoms with E-state index in [1.807, 2.05) is 0 Å². The molecule has 0 fully saturated rings. The van der Waals surface area contributed by atoms with Crippen LogP contribution in [0, 0.1) is 12.7 Å². The second-order valence-electron chi connectivity index (χ2n) is 4.29. The lowest BCUT2D eigenvalue weighted by molar-refractivity contribution is 0.0946. The van der Waals surface area contributed by atoms with Gasteiger partial charge >= 0.3 is 0 Å². The average molecular weight is 259 g/mol. The Morgan fingerprint density at radius 2 is 2.00 bits per heavy atom.